The smallest absolute Gasteiger partial charge is 0.309 e. The van der Waals surface area contributed by atoms with Crippen molar-refractivity contribution in [3.8, 4) is 0 Å². The second-order valence-corrected chi connectivity index (χ2v) is 22.8. The van der Waals surface area contributed by atoms with Gasteiger partial charge in [-0.25, -0.2) is 0 Å². The average Bonchev–Trinajstić information content (AvgIpc) is 3.86. The lowest BCUT2D eigenvalue weighted by Crippen LogP contribution is -2.66. The Morgan fingerprint density at radius 2 is 1.49 bits per heavy atom. The van der Waals surface area contributed by atoms with Crippen LogP contribution in [0.15, 0.2) is 11.1 Å². The molecule has 6 aliphatic carbocycles. The van der Waals surface area contributed by atoms with Crippen molar-refractivity contribution in [1.29, 1.82) is 0 Å². The Balaban J connectivity index is 1.06. The molecule has 0 aromatic rings. The molecule has 9 heteroatoms. The summed E-state index contributed by atoms with van der Waals surface area (Å²) in [4.78, 5) is 59.8. The number of carboxylic acids is 1. The van der Waals surface area contributed by atoms with Crippen LogP contribution < -0.4 is 0 Å². The van der Waals surface area contributed by atoms with E-state index < -0.39 is 22.7 Å². The zero-order valence-electron chi connectivity index (χ0n) is 36.8. The lowest BCUT2D eigenvalue weighted by atomic mass is 9.33. The Morgan fingerprint density at radius 3 is 2.16 bits per heavy atom. The minimum Gasteiger partial charge on any atom is -0.481 e. The molecule has 8 rings (SSSR count). The van der Waals surface area contributed by atoms with Crippen LogP contribution in [0.4, 0.5) is 0 Å². The molecular formula is C48H74N2O7. The highest BCUT2D eigenvalue weighted by atomic mass is 16.5. The molecule has 0 aromatic heterocycles. The largest absolute Gasteiger partial charge is 0.481 e. The molecule has 2 saturated heterocycles. The van der Waals surface area contributed by atoms with Gasteiger partial charge in [-0.15, -0.1) is 0 Å². The van der Waals surface area contributed by atoms with Gasteiger partial charge in [0.1, 0.15) is 6.10 Å². The summed E-state index contributed by atoms with van der Waals surface area (Å²) in [5, 5.41) is 19.8. The zero-order valence-corrected chi connectivity index (χ0v) is 36.8. The van der Waals surface area contributed by atoms with Crippen molar-refractivity contribution in [3.63, 3.8) is 0 Å². The minimum atomic E-state index is -0.830. The highest BCUT2D eigenvalue weighted by molar-refractivity contribution is 6.07. The molecule has 318 valence electrons. The molecule has 0 unspecified atom stereocenters. The predicted octanol–water partition coefficient (Wildman–Crippen LogP) is 8.07. The number of amides is 1. The number of rotatable bonds is 8. The number of carbonyl (C=O) groups is 4. The van der Waals surface area contributed by atoms with Crippen LogP contribution >= 0.6 is 0 Å². The van der Waals surface area contributed by atoms with Crippen LogP contribution in [-0.4, -0.2) is 88.1 Å². The number of carbonyl (C=O) groups excluding carboxylic acids is 3. The maximum Gasteiger partial charge on any atom is 0.309 e. The van der Waals surface area contributed by atoms with Crippen molar-refractivity contribution in [1.82, 2.24) is 9.80 Å². The number of aliphatic hydroxyl groups excluding tert-OH is 1. The van der Waals surface area contributed by atoms with Crippen molar-refractivity contribution in [3.05, 3.63) is 11.1 Å². The molecule has 8 aliphatic rings. The van der Waals surface area contributed by atoms with E-state index in [0.29, 0.717) is 24.7 Å². The molecule has 0 radical (unpaired) electrons. The number of likely N-dealkylation sites (tertiary alicyclic amines) is 2. The summed E-state index contributed by atoms with van der Waals surface area (Å²) in [5.41, 5.74) is 0.668. The number of Topliss-reactive ketones (excluding diaryl/α,β-unsaturated/α-hetero) is 1. The van der Waals surface area contributed by atoms with Crippen LogP contribution in [-0.2, 0) is 23.9 Å². The number of hydrogen-bond acceptors (Lipinski definition) is 7. The Bertz CT molecular complexity index is 1720. The predicted molar refractivity (Wildman–Crippen MR) is 219 cm³/mol. The third-order valence-corrected chi connectivity index (χ3v) is 19.7. The summed E-state index contributed by atoms with van der Waals surface area (Å²) in [7, 11) is 0. The average molecular weight is 791 g/mol. The number of ketones is 1. The van der Waals surface area contributed by atoms with Gasteiger partial charge < -0.3 is 19.8 Å². The Kier molecular flexibility index (Phi) is 10.1. The minimum absolute atomic E-state index is 0.0315. The number of nitrogens with zero attached hydrogens (tertiary/aromatic N) is 2. The van der Waals surface area contributed by atoms with Crippen LogP contribution in [0.5, 0.6) is 0 Å². The Hall–Kier alpha value is -2.26. The van der Waals surface area contributed by atoms with Gasteiger partial charge in [0.2, 0.25) is 5.91 Å². The summed E-state index contributed by atoms with van der Waals surface area (Å²) in [6.45, 7) is 23.1. The van der Waals surface area contributed by atoms with E-state index >= 15 is 4.79 Å². The normalized spacial score (nSPS) is 44.9. The molecule has 0 spiro atoms. The maximum absolute atomic E-state index is 15.4. The van der Waals surface area contributed by atoms with E-state index in [1.165, 1.54) is 5.57 Å². The van der Waals surface area contributed by atoms with E-state index in [9.17, 15) is 24.6 Å². The second-order valence-electron chi connectivity index (χ2n) is 22.8. The molecular weight excluding hydrogens is 717 g/mol. The van der Waals surface area contributed by atoms with Crippen LogP contribution in [0.25, 0.3) is 0 Å². The van der Waals surface area contributed by atoms with Gasteiger partial charge >= 0.3 is 11.9 Å². The summed E-state index contributed by atoms with van der Waals surface area (Å²) in [6.07, 6.45) is 12.3. The van der Waals surface area contributed by atoms with Gasteiger partial charge in [-0.05, 0) is 146 Å². The monoisotopic (exact) mass is 791 g/mol. The number of carboxylic acid groups (broad SMARTS) is 1. The molecule has 0 bridgehead atoms. The van der Waals surface area contributed by atoms with E-state index in [1.54, 1.807) is 0 Å². The van der Waals surface area contributed by atoms with Gasteiger partial charge in [-0.1, -0.05) is 62.3 Å². The first-order valence-electron chi connectivity index (χ1n) is 23.1. The van der Waals surface area contributed by atoms with Crippen LogP contribution in [0, 0.1) is 68.0 Å². The van der Waals surface area contributed by atoms with Gasteiger partial charge in [0.05, 0.1) is 23.9 Å². The molecule has 9 nitrogen and oxygen atoms in total. The first-order chi connectivity index (χ1) is 26.7. The molecule has 57 heavy (non-hydrogen) atoms. The van der Waals surface area contributed by atoms with E-state index in [0.717, 1.165) is 102 Å². The topological polar surface area (TPSA) is 124 Å². The number of ether oxygens (including phenoxy) is 1. The molecule has 0 aromatic carbocycles. The van der Waals surface area contributed by atoms with Crippen LogP contribution in [0.1, 0.15) is 152 Å². The fraction of sp³-hybridized carbons (Fsp3) is 0.875. The number of allylic oxidation sites excluding steroid dienone is 1. The van der Waals surface area contributed by atoms with E-state index in [2.05, 4.69) is 58.3 Å². The number of hydrogen-bond donors (Lipinski definition) is 2. The number of fused-ring (bicyclic) bond motifs is 7. The van der Waals surface area contributed by atoms with E-state index in [-0.39, 0.29) is 81.9 Å². The van der Waals surface area contributed by atoms with Gasteiger partial charge in [-0.2, -0.15) is 0 Å². The summed E-state index contributed by atoms with van der Waals surface area (Å²) >= 11 is 0. The zero-order chi connectivity index (χ0) is 41.2. The lowest BCUT2D eigenvalue weighted by molar-refractivity contribution is -0.236. The first kappa shape index (κ1) is 41.5. The van der Waals surface area contributed by atoms with Crippen LogP contribution in [0.3, 0.4) is 0 Å². The third-order valence-electron chi connectivity index (χ3n) is 19.7. The fourth-order valence-electron chi connectivity index (χ4n) is 16.2. The van der Waals surface area contributed by atoms with Crippen molar-refractivity contribution in [2.75, 3.05) is 26.2 Å². The van der Waals surface area contributed by atoms with E-state index in [4.69, 9.17) is 4.74 Å². The Labute approximate surface area is 342 Å². The molecule has 12 atom stereocenters. The molecule has 5 saturated carbocycles. The van der Waals surface area contributed by atoms with Crippen molar-refractivity contribution in [2.45, 2.75) is 170 Å². The van der Waals surface area contributed by atoms with Gasteiger partial charge in [0, 0.05) is 37.0 Å². The summed E-state index contributed by atoms with van der Waals surface area (Å²) < 4.78 is 6.44. The number of esters is 1. The van der Waals surface area contributed by atoms with Gasteiger partial charge in [-0.3, -0.25) is 24.1 Å². The third kappa shape index (κ3) is 5.78. The summed E-state index contributed by atoms with van der Waals surface area (Å²) in [6, 6.07) is 0.318. The Morgan fingerprint density at radius 1 is 0.789 bits per heavy atom. The second kappa shape index (κ2) is 13.9. The quantitative estimate of drug-likeness (QED) is 0.237. The molecule has 1 amide bonds. The molecule has 7 fully saturated rings. The lowest BCUT2D eigenvalue weighted by Gasteiger charge is -2.72. The number of aliphatic hydroxyl groups is 1. The van der Waals surface area contributed by atoms with Gasteiger partial charge in [0.25, 0.3) is 0 Å². The van der Waals surface area contributed by atoms with Crippen molar-refractivity contribution < 1.29 is 34.1 Å². The highest BCUT2D eigenvalue weighted by Crippen LogP contribution is 2.77. The van der Waals surface area contributed by atoms with Crippen molar-refractivity contribution >= 4 is 23.6 Å². The summed E-state index contributed by atoms with van der Waals surface area (Å²) in [5.74, 6) is -0.395. The standard InChI is InChI=1S/C48H74N2O7/c1-28(2)38-34(52)25-48(42(56)50-23-11-12-29(50)26-49-22-10-13-30(49)27-51)21-20-46(8)31(39(38)48)14-15-36-45(7)18-17-37(44(5,6)35(45)16-19-47(36,46)9)57-41(55)33-24-32(40(53)54)43(33,3)4/h28-33,35-37,51H,10-27H2,1-9H3,(H,53,54)/t29-,30-,31+,32-,33+,35-,36+,37-,45-,46+,47+,48+/m0/s1. The molecule has 2 heterocycles. The number of aliphatic carboxylic acids is 1. The first-order valence-corrected chi connectivity index (χ1v) is 23.1. The molecule has 2 N–H and O–H groups in total. The fourth-order valence-corrected chi connectivity index (χ4v) is 16.2. The maximum atomic E-state index is 15.4. The highest BCUT2D eigenvalue weighted by Gasteiger charge is 2.71. The molecule has 2 aliphatic heterocycles. The van der Waals surface area contributed by atoms with Gasteiger partial charge in [0.15, 0.2) is 5.78 Å². The van der Waals surface area contributed by atoms with Crippen molar-refractivity contribution in [2.24, 2.45) is 68.0 Å². The van der Waals surface area contributed by atoms with E-state index in [1.807, 2.05) is 13.8 Å². The SMILES string of the molecule is CC(C)C1=C2[C@H]3CC[C@@H]4[C@@]5(C)CC[C@H](OC(=O)[C@H]6C[C@@H](C(=O)O)C6(C)C)C(C)(C)[C@@H]5CC[C@@]4(C)[C@]3(C)CC[C@@]2(C(=O)N2CCC[C@H]2CN2CCC[C@H]2CO)CC1=O. The van der Waals surface area contributed by atoms with Crippen LogP contribution in [0.2, 0.25) is 0 Å².